The van der Waals surface area contributed by atoms with Crippen LogP contribution in [0.1, 0.15) is 37.3 Å². The second-order valence-electron chi connectivity index (χ2n) is 6.42. The molecule has 0 aromatic heterocycles. The molecule has 0 spiro atoms. The van der Waals surface area contributed by atoms with E-state index in [0.29, 0.717) is 37.2 Å². The van der Waals surface area contributed by atoms with E-state index in [4.69, 9.17) is 9.84 Å². The molecule has 0 unspecified atom stereocenters. The van der Waals surface area contributed by atoms with E-state index in [1.54, 1.807) is 6.92 Å². The van der Waals surface area contributed by atoms with Crippen LogP contribution in [0.2, 0.25) is 0 Å². The largest absolute Gasteiger partial charge is 0.481 e. The smallest absolute Gasteiger partial charge is 0.416 e. The number of hydrogen-bond donors (Lipinski definition) is 1. The zero-order chi connectivity index (χ0) is 20.0. The van der Waals surface area contributed by atoms with Crippen molar-refractivity contribution in [3.63, 3.8) is 0 Å². The summed E-state index contributed by atoms with van der Waals surface area (Å²) >= 11 is 0. The van der Waals surface area contributed by atoms with E-state index >= 15 is 0 Å². The first kappa shape index (κ1) is 21.0. The molecule has 148 valence electrons. The van der Waals surface area contributed by atoms with Crippen LogP contribution in [0.25, 0.3) is 5.57 Å². The standard InChI is InChI=1S/C19H22F3NO4/c1-13(14-3-2-4-15(12-14)19(20,21)22)11-17(24)23(8-5-18(25)26)16-6-9-27-10-7-16/h2-4,11-12,16H,5-10H2,1H3,(H,25,26)/b13-11-. The summed E-state index contributed by atoms with van der Waals surface area (Å²) in [5, 5.41) is 8.92. The van der Waals surface area contributed by atoms with Crippen molar-refractivity contribution < 1.29 is 32.6 Å². The van der Waals surface area contributed by atoms with Gasteiger partial charge in [0.25, 0.3) is 0 Å². The number of carboxylic acids is 1. The first-order valence-corrected chi connectivity index (χ1v) is 8.64. The Morgan fingerprint density at radius 1 is 1.30 bits per heavy atom. The number of nitrogens with zero attached hydrogens (tertiary/aromatic N) is 1. The molecule has 0 atom stereocenters. The number of rotatable bonds is 6. The molecule has 0 radical (unpaired) electrons. The van der Waals surface area contributed by atoms with Gasteiger partial charge in [0.05, 0.1) is 12.0 Å². The number of hydrogen-bond acceptors (Lipinski definition) is 3. The van der Waals surface area contributed by atoms with Crippen LogP contribution in [0.4, 0.5) is 13.2 Å². The van der Waals surface area contributed by atoms with Crippen LogP contribution in [0, 0.1) is 0 Å². The highest BCUT2D eigenvalue weighted by atomic mass is 19.4. The Hall–Kier alpha value is -2.35. The molecule has 8 heteroatoms. The Labute approximate surface area is 155 Å². The van der Waals surface area contributed by atoms with Crippen molar-refractivity contribution in [2.75, 3.05) is 19.8 Å². The topological polar surface area (TPSA) is 66.8 Å². The molecular formula is C19H22F3NO4. The van der Waals surface area contributed by atoms with Gasteiger partial charge in [-0.15, -0.1) is 0 Å². The predicted octanol–water partition coefficient (Wildman–Crippen LogP) is 3.59. The van der Waals surface area contributed by atoms with Gasteiger partial charge in [-0.1, -0.05) is 12.1 Å². The lowest BCUT2D eigenvalue weighted by Crippen LogP contribution is -2.43. The SMILES string of the molecule is C/C(=C/C(=O)N(CCC(=O)O)C1CCOCC1)c1cccc(C(F)(F)F)c1. The second kappa shape index (κ2) is 9.03. The van der Waals surface area contributed by atoms with Crippen LogP contribution < -0.4 is 0 Å². The number of carbonyl (C=O) groups excluding carboxylic acids is 1. The molecule has 1 amide bonds. The number of amides is 1. The summed E-state index contributed by atoms with van der Waals surface area (Å²) in [4.78, 5) is 25.1. The number of alkyl halides is 3. The van der Waals surface area contributed by atoms with E-state index in [1.165, 1.54) is 23.1 Å². The maximum absolute atomic E-state index is 12.9. The summed E-state index contributed by atoms with van der Waals surface area (Å²) in [6, 6.07) is 4.62. The summed E-state index contributed by atoms with van der Waals surface area (Å²) in [7, 11) is 0. The molecular weight excluding hydrogens is 363 g/mol. The second-order valence-corrected chi connectivity index (χ2v) is 6.42. The normalized spacial score (nSPS) is 16.2. The van der Waals surface area contributed by atoms with E-state index in [1.807, 2.05) is 0 Å². The summed E-state index contributed by atoms with van der Waals surface area (Å²) in [6.45, 7) is 2.58. The summed E-state index contributed by atoms with van der Waals surface area (Å²) < 4.78 is 43.9. The maximum atomic E-state index is 12.9. The Bertz CT molecular complexity index is 709. The van der Waals surface area contributed by atoms with E-state index in [9.17, 15) is 22.8 Å². The minimum atomic E-state index is -4.46. The van der Waals surface area contributed by atoms with Gasteiger partial charge in [-0.3, -0.25) is 9.59 Å². The maximum Gasteiger partial charge on any atom is 0.416 e. The van der Waals surface area contributed by atoms with Crippen molar-refractivity contribution in [2.24, 2.45) is 0 Å². The first-order valence-electron chi connectivity index (χ1n) is 8.64. The summed E-state index contributed by atoms with van der Waals surface area (Å²) in [6.07, 6.45) is -2.19. The van der Waals surface area contributed by atoms with Gasteiger partial charge in [0.2, 0.25) is 5.91 Å². The van der Waals surface area contributed by atoms with Crippen LogP contribution >= 0.6 is 0 Å². The summed E-state index contributed by atoms with van der Waals surface area (Å²) in [5.41, 5.74) is -0.103. The van der Waals surface area contributed by atoms with E-state index in [2.05, 4.69) is 0 Å². The lowest BCUT2D eigenvalue weighted by atomic mass is 10.0. The van der Waals surface area contributed by atoms with Gasteiger partial charge in [0, 0.05) is 31.9 Å². The Morgan fingerprint density at radius 3 is 2.56 bits per heavy atom. The summed E-state index contributed by atoms with van der Waals surface area (Å²) in [5.74, 6) is -1.42. The number of benzene rings is 1. The van der Waals surface area contributed by atoms with Crippen LogP contribution in [0.3, 0.4) is 0 Å². The molecule has 1 heterocycles. The quantitative estimate of drug-likeness (QED) is 0.760. The molecule has 2 rings (SSSR count). The first-order chi connectivity index (χ1) is 12.7. The monoisotopic (exact) mass is 385 g/mol. The lowest BCUT2D eigenvalue weighted by Gasteiger charge is -2.33. The lowest BCUT2D eigenvalue weighted by molar-refractivity contribution is -0.139. The van der Waals surface area contributed by atoms with Gasteiger partial charge >= 0.3 is 12.1 Å². The fourth-order valence-corrected chi connectivity index (χ4v) is 2.98. The number of allylic oxidation sites excluding steroid dienone is 1. The molecule has 5 nitrogen and oxygen atoms in total. The molecule has 0 saturated carbocycles. The van der Waals surface area contributed by atoms with Crippen molar-refractivity contribution in [2.45, 2.75) is 38.4 Å². The number of carboxylic acid groups (broad SMARTS) is 1. The van der Waals surface area contributed by atoms with Gasteiger partial charge in [0.1, 0.15) is 0 Å². The van der Waals surface area contributed by atoms with Gasteiger partial charge in [-0.05, 0) is 43.0 Å². The van der Waals surface area contributed by atoms with E-state index in [-0.39, 0.29) is 19.0 Å². The highest BCUT2D eigenvalue weighted by Crippen LogP contribution is 2.31. The van der Waals surface area contributed by atoms with Gasteiger partial charge in [0.15, 0.2) is 0 Å². The molecule has 0 aliphatic carbocycles. The zero-order valence-corrected chi connectivity index (χ0v) is 15.0. The fourth-order valence-electron chi connectivity index (χ4n) is 2.98. The van der Waals surface area contributed by atoms with Crippen molar-refractivity contribution in [1.82, 2.24) is 4.90 Å². The molecule has 1 saturated heterocycles. The Kier molecular flexibility index (Phi) is 7.01. The Balaban J connectivity index is 2.21. The van der Waals surface area contributed by atoms with Crippen LogP contribution in [-0.4, -0.2) is 47.7 Å². The van der Waals surface area contributed by atoms with Crippen molar-refractivity contribution >= 4 is 17.4 Å². The minimum absolute atomic E-state index is 0.0468. The third kappa shape index (κ3) is 6.09. The molecule has 1 aliphatic heterocycles. The third-order valence-corrected chi connectivity index (χ3v) is 4.47. The minimum Gasteiger partial charge on any atom is -0.481 e. The zero-order valence-electron chi connectivity index (χ0n) is 15.0. The Morgan fingerprint density at radius 2 is 1.96 bits per heavy atom. The van der Waals surface area contributed by atoms with Crippen LogP contribution in [-0.2, 0) is 20.5 Å². The van der Waals surface area contributed by atoms with E-state index in [0.717, 1.165) is 12.1 Å². The molecule has 27 heavy (non-hydrogen) atoms. The van der Waals surface area contributed by atoms with Crippen molar-refractivity contribution in [3.8, 4) is 0 Å². The van der Waals surface area contributed by atoms with Gasteiger partial charge in [-0.2, -0.15) is 13.2 Å². The molecule has 0 bridgehead atoms. The predicted molar refractivity (Wildman–Crippen MR) is 92.9 cm³/mol. The molecule has 1 N–H and O–H groups in total. The van der Waals surface area contributed by atoms with Crippen LogP contribution in [0.15, 0.2) is 30.3 Å². The molecule has 1 aliphatic rings. The van der Waals surface area contributed by atoms with Crippen molar-refractivity contribution in [1.29, 1.82) is 0 Å². The number of carbonyl (C=O) groups is 2. The number of halogens is 3. The average molecular weight is 385 g/mol. The van der Waals surface area contributed by atoms with E-state index < -0.39 is 23.6 Å². The molecule has 1 aromatic rings. The molecule has 1 aromatic carbocycles. The van der Waals surface area contributed by atoms with Crippen molar-refractivity contribution in [3.05, 3.63) is 41.5 Å². The average Bonchev–Trinajstić information content (AvgIpc) is 2.62. The number of ether oxygens (including phenoxy) is 1. The van der Waals surface area contributed by atoms with Gasteiger partial charge in [-0.25, -0.2) is 0 Å². The van der Waals surface area contributed by atoms with Crippen LogP contribution in [0.5, 0.6) is 0 Å². The number of aliphatic carboxylic acids is 1. The highest BCUT2D eigenvalue weighted by Gasteiger charge is 2.30. The fraction of sp³-hybridized carbons (Fsp3) is 0.474. The molecule has 1 fully saturated rings. The highest BCUT2D eigenvalue weighted by molar-refractivity contribution is 5.95. The third-order valence-electron chi connectivity index (χ3n) is 4.47. The van der Waals surface area contributed by atoms with Gasteiger partial charge < -0.3 is 14.7 Å².